The molecule has 2 aliphatic rings. The monoisotopic (exact) mass is 346 g/mol. The number of amides is 1. The molecule has 5 heteroatoms. The molecule has 1 aromatic rings. The molecule has 0 bridgehead atoms. The molecule has 1 heterocycles. The maximum absolute atomic E-state index is 12.2. The number of ether oxygens (including phenoxy) is 2. The lowest BCUT2D eigenvalue weighted by atomic mass is 9.92. The molecule has 1 N–H and O–H groups in total. The number of benzene rings is 1. The number of nitrogens with one attached hydrogen (secondary N) is 1. The van der Waals surface area contributed by atoms with Crippen LogP contribution in [-0.2, 0) is 4.74 Å². The Labute approximate surface area is 150 Å². The van der Waals surface area contributed by atoms with Crippen LogP contribution in [-0.4, -0.2) is 42.8 Å². The molecule has 0 aromatic heterocycles. The molecule has 138 valence electrons. The first-order valence-electron chi connectivity index (χ1n) is 9.69. The molecule has 2 fully saturated rings. The fourth-order valence-corrected chi connectivity index (χ4v) is 3.85. The van der Waals surface area contributed by atoms with Crippen molar-refractivity contribution in [1.29, 1.82) is 0 Å². The van der Waals surface area contributed by atoms with E-state index in [1.54, 1.807) is 0 Å². The van der Waals surface area contributed by atoms with Crippen molar-refractivity contribution < 1.29 is 14.3 Å². The molecule has 2 unspecified atom stereocenters. The van der Waals surface area contributed by atoms with Crippen molar-refractivity contribution >= 4 is 11.8 Å². The smallest absolute Gasteiger partial charge is 0.411 e. The molecule has 1 saturated carbocycles. The van der Waals surface area contributed by atoms with Crippen LogP contribution >= 0.6 is 0 Å². The van der Waals surface area contributed by atoms with Gasteiger partial charge < -0.3 is 14.4 Å². The Morgan fingerprint density at radius 2 is 2.08 bits per heavy atom. The predicted octanol–water partition coefficient (Wildman–Crippen LogP) is 4.43. The first-order valence-corrected chi connectivity index (χ1v) is 9.69. The summed E-state index contributed by atoms with van der Waals surface area (Å²) in [5.74, 6) is 0.770. The first kappa shape index (κ1) is 18.1. The third kappa shape index (κ3) is 5.36. The molecular formula is C20H30N2O3. The predicted molar refractivity (Wildman–Crippen MR) is 99.2 cm³/mol. The van der Waals surface area contributed by atoms with E-state index in [1.165, 1.54) is 32.4 Å². The first-order chi connectivity index (χ1) is 12.2. The van der Waals surface area contributed by atoms with E-state index >= 15 is 0 Å². The summed E-state index contributed by atoms with van der Waals surface area (Å²) in [6, 6.07) is 8.05. The minimum Gasteiger partial charge on any atom is -0.494 e. The van der Waals surface area contributed by atoms with Gasteiger partial charge in [-0.15, -0.1) is 0 Å². The number of likely N-dealkylation sites (tertiary alicyclic amines) is 1. The number of carbonyl (C=O) groups is 1. The van der Waals surface area contributed by atoms with Gasteiger partial charge in [0.25, 0.3) is 0 Å². The molecule has 1 amide bonds. The van der Waals surface area contributed by atoms with Crippen molar-refractivity contribution in [3.63, 3.8) is 0 Å². The van der Waals surface area contributed by atoms with Crippen LogP contribution in [0, 0.1) is 0 Å². The van der Waals surface area contributed by atoms with Crippen LogP contribution in [0.5, 0.6) is 5.75 Å². The highest BCUT2D eigenvalue weighted by molar-refractivity contribution is 5.84. The van der Waals surface area contributed by atoms with Gasteiger partial charge in [-0.1, -0.05) is 13.0 Å². The lowest BCUT2D eigenvalue weighted by Crippen LogP contribution is -2.40. The van der Waals surface area contributed by atoms with Gasteiger partial charge in [-0.2, -0.15) is 0 Å². The quantitative estimate of drug-likeness (QED) is 0.828. The van der Waals surface area contributed by atoms with Crippen molar-refractivity contribution in [2.75, 3.05) is 25.0 Å². The normalized spacial score (nSPS) is 24.0. The van der Waals surface area contributed by atoms with Crippen molar-refractivity contribution in [1.82, 2.24) is 4.90 Å². The van der Waals surface area contributed by atoms with Gasteiger partial charge in [-0.3, -0.25) is 5.32 Å². The van der Waals surface area contributed by atoms with Crippen LogP contribution < -0.4 is 10.1 Å². The van der Waals surface area contributed by atoms with Crippen LogP contribution in [0.25, 0.3) is 0 Å². The summed E-state index contributed by atoms with van der Waals surface area (Å²) in [6.45, 7) is 5.15. The highest BCUT2D eigenvalue weighted by Gasteiger charge is 2.30. The van der Waals surface area contributed by atoms with Gasteiger partial charge in [0.05, 0.1) is 6.61 Å². The number of anilines is 1. The Hall–Kier alpha value is -1.75. The highest BCUT2D eigenvalue weighted by atomic mass is 16.6. The maximum atomic E-state index is 12.2. The molecule has 3 rings (SSSR count). The summed E-state index contributed by atoms with van der Waals surface area (Å²) in [7, 11) is 0. The molecule has 5 nitrogen and oxygen atoms in total. The van der Waals surface area contributed by atoms with E-state index in [4.69, 9.17) is 9.47 Å². The van der Waals surface area contributed by atoms with Crippen LogP contribution in [0.1, 0.15) is 51.9 Å². The standard InChI is InChI=1S/C20H30N2O3/c1-2-13-24-18-9-5-7-16(14-18)21-20(23)25-19-10-6-8-17(15-19)22-11-3-4-12-22/h5,7,9,14,17,19H,2-4,6,8,10-13,15H2,1H3,(H,21,23). The molecule has 25 heavy (non-hydrogen) atoms. The van der Waals surface area contributed by atoms with Gasteiger partial charge in [0.1, 0.15) is 11.9 Å². The van der Waals surface area contributed by atoms with E-state index in [2.05, 4.69) is 17.1 Å². The topological polar surface area (TPSA) is 50.8 Å². The average Bonchev–Trinajstić information content (AvgIpc) is 3.15. The van der Waals surface area contributed by atoms with Crippen molar-refractivity contribution in [3.05, 3.63) is 24.3 Å². The fraction of sp³-hybridized carbons (Fsp3) is 0.650. The molecule has 1 aromatic carbocycles. The van der Waals surface area contributed by atoms with E-state index in [-0.39, 0.29) is 12.2 Å². The molecule has 2 atom stereocenters. The average molecular weight is 346 g/mol. The second kappa shape index (κ2) is 9.09. The Kier molecular flexibility index (Phi) is 6.56. The summed E-state index contributed by atoms with van der Waals surface area (Å²) in [5.41, 5.74) is 0.713. The third-order valence-electron chi connectivity index (χ3n) is 5.08. The fourth-order valence-electron chi connectivity index (χ4n) is 3.85. The summed E-state index contributed by atoms with van der Waals surface area (Å²) in [4.78, 5) is 14.8. The van der Waals surface area contributed by atoms with E-state index in [0.29, 0.717) is 18.3 Å². The largest absolute Gasteiger partial charge is 0.494 e. The van der Waals surface area contributed by atoms with Crippen molar-refractivity contribution in [2.45, 2.75) is 64.0 Å². The van der Waals surface area contributed by atoms with Crippen LogP contribution in [0.15, 0.2) is 24.3 Å². The van der Waals surface area contributed by atoms with Gasteiger partial charge in [0.2, 0.25) is 0 Å². The number of carbonyl (C=O) groups excluding carboxylic acids is 1. The number of hydrogen-bond acceptors (Lipinski definition) is 4. The third-order valence-corrected chi connectivity index (χ3v) is 5.08. The summed E-state index contributed by atoms with van der Waals surface area (Å²) >= 11 is 0. The Morgan fingerprint density at radius 3 is 2.88 bits per heavy atom. The Balaban J connectivity index is 1.48. The zero-order valence-corrected chi connectivity index (χ0v) is 15.2. The molecule has 1 aliphatic heterocycles. The van der Waals surface area contributed by atoms with E-state index in [1.807, 2.05) is 24.3 Å². The zero-order valence-electron chi connectivity index (χ0n) is 15.2. The minimum atomic E-state index is -0.361. The maximum Gasteiger partial charge on any atom is 0.411 e. The zero-order chi connectivity index (χ0) is 17.5. The Bertz CT molecular complexity index is 558. The van der Waals surface area contributed by atoms with E-state index in [0.717, 1.165) is 31.4 Å². The second-order valence-corrected chi connectivity index (χ2v) is 7.09. The van der Waals surface area contributed by atoms with Crippen molar-refractivity contribution in [3.8, 4) is 5.75 Å². The SMILES string of the molecule is CCCOc1cccc(NC(=O)OC2CCCC(N3CCCC3)C2)c1. The van der Waals surface area contributed by atoms with E-state index < -0.39 is 0 Å². The Morgan fingerprint density at radius 1 is 1.24 bits per heavy atom. The lowest BCUT2D eigenvalue weighted by Gasteiger charge is -2.34. The number of nitrogens with zero attached hydrogens (tertiary/aromatic N) is 1. The van der Waals surface area contributed by atoms with Gasteiger partial charge in [-0.05, 0) is 63.7 Å². The molecule has 0 spiro atoms. The summed E-state index contributed by atoms with van der Waals surface area (Å²) in [5, 5.41) is 2.84. The van der Waals surface area contributed by atoms with Gasteiger partial charge in [-0.25, -0.2) is 4.79 Å². The lowest BCUT2D eigenvalue weighted by molar-refractivity contribution is 0.0520. The van der Waals surface area contributed by atoms with Gasteiger partial charge in [0.15, 0.2) is 0 Å². The molecule has 0 radical (unpaired) electrons. The number of rotatable bonds is 6. The van der Waals surface area contributed by atoms with Gasteiger partial charge in [0, 0.05) is 24.2 Å². The number of hydrogen-bond donors (Lipinski definition) is 1. The molecule has 1 aliphatic carbocycles. The van der Waals surface area contributed by atoms with E-state index in [9.17, 15) is 4.79 Å². The molecular weight excluding hydrogens is 316 g/mol. The minimum absolute atomic E-state index is 0.0267. The summed E-state index contributed by atoms with van der Waals surface area (Å²) in [6.07, 6.45) is 7.54. The van der Waals surface area contributed by atoms with Crippen LogP contribution in [0.4, 0.5) is 10.5 Å². The second-order valence-electron chi connectivity index (χ2n) is 7.09. The molecule has 1 saturated heterocycles. The highest BCUT2D eigenvalue weighted by Crippen LogP contribution is 2.28. The van der Waals surface area contributed by atoms with Gasteiger partial charge >= 0.3 is 6.09 Å². The van der Waals surface area contributed by atoms with Crippen LogP contribution in [0.2, 0.25) is 0 Å². The van der Waals surface area contributed by atoms with Crippen molar-refractivity contribution in [2.24, 2.45) is 0 Å². The summed E-state index contributed by atoms with van der Waals surface area (Å²) < 4.78 is 11.3. The van der Waals surface area contributed by atoms with Crippen LogP contribution in [0.3, 0.4) is 0 Å².